The normalized spacial score (nSPS) is 15.9. The van der Waals surface area contributed by atoms with Crippen molar-refractivity contribution in [3.63, 3.8) is 0 Å². The van der Waals surface area contributed by atoms with E-state index in [1.165, 1.54) is 0 Å². The van der Waals surface area contributed by atoms with Gasteiger partial charge in [-0.1, -0.05) is 30.3 Å². The molecule has 1 atom stereocenters. The number of benzene rings is 2. The minimum absolute atomic E-state index is 0.142. The molecule has 6 heteroatoms. The molecule has 0 radical (unpaired) electrons. The van der Waals surface area contributed by atoms with Crippen molar-refractivity contribution in [3.05, 3.63) is 54.6 Å². The zero-order valence-electron chi connectivity index (χ0n) is 13.4. The number of carbonyl (C=O) groups is 2. The fourth-order valence-corrected chi connectivity index (χ4v) is 2.65. The van der Waals surface area contributed by atoms with Gasteiger partial charge in [-0.3, -0.25) is 9.59 Å². The maximum Gasteiger partial charge on any atom is 0.262 e. The summed E-state index contributed by atoms with van der Waals surface area (Å²) in [7, 11) is 1.57. The van der Waals surface area contributed by atoms with Crippen molar-refractivity contribution in [2.45, 2.75) is 6.10 Å². The highest BCUT2D eigenvalue weighted by Crippen LogP contribution is 2.32. The number of nitrogens with one attached hydrogen (secondary N) is 2. The van der Waals surface area contributed by atoms with Gasteiger partial charge in [0.05, 0.1) is 18.8 Å². The Morgan fingerprint density at radius 1 is 1.12 bits per heavy atom. The monoisotopic (exact) mass is 325 g/mol. The Morgan fingerprint density at radius 2 is 1.83 bits per heavy atom. The highest BCUT2D eigenvalue weighted by molar-refractivity contribution is 5.94. The van der Waals surface area contributed by atoms with Crippen LogP contribution < -0.4 is 20.3 Å². The van der Waals surface area contributed by atoms with Crippen LogP contribution in [0.3, 0.4) is 0 Å². The topological polar surface area (TPSA) is 70.7 Å². The molecule has 6 nitrogen and oxygen atoms in total. The van der Waals surface area contributed by atoms with Gasteiger partial charge >= 0.3 is 0 Å². The van der Waals surface area contributed by atoms with Crippen LogP contribution in [0.4, 0.5) is 11.4 Å². The zero-order valence-corrected chi connectivity index (χ0v) is 13.4. The van der Waals surface area contributed by atoms with Crippen LogP contribution in [0.5, 0.6) is 5.75 Å². The van der Waals surface area contributed by atoms with E-state index in [9.17, 15) is 9.59 Å². The van der Waals surface area contributed by atoms with Crippen LogP contribution in [0.1, 0.15) is 0 Å². The molecule has 1 aliphatic heterocycles. The van der Waals surface area contributed by atoms with Gasteiger partial charge in [0.25, 0.3) is 5.91 Å². The molecule has 0 spiro atoms. The molecule has 124 valence electrons. The Bertz CT molecular complexity index is 733. The number of hydrogen-bond donors (Lipinski definition) is 2. The van der Waals surface area contributed by atoms with E-state index in [-0.39, 0.29) is 18.4 Å². The van der Waals surface area contributed by atoms with Crippen LogP contribution in [0.15, 0.2) is 54.6 Å². The van der Waals surface area contributed by atoms with Crippen molar-refractivity contribution in [2.75, 3.05) is 30.4 Å². The van der Waals surface area contributed by atoms with Crippen LogP contribution in [-0.4, -0.2) is 38.1 Å². The Hall–Kier alpha value is -3.02. The van der Waals surface area contributed by atoms with E-state index in [4.69, 9.17) is 4.74 Å². The van der Waals surface area contributed by atoms with E-state index in [1.54, 1.807) is 13.1 Å². The molecular weight excluding hydrogens is 306 g/mol. The summed E-state index contributed by atoms with van der Waals surface area (Å²) in [5.41, 5.74) is 1.55. The molecule has 2 N–H and O–H groups in total. The van der Waals surface area contributed by atoms with Gasteiger partial charge in [-0.05, 0) is 24.3 Å². The predicted molar refractivity (Wildman–Crippen MR) is 92.2 cm³/mol. The molecule has 1 unspecified atom stereocenters. The van der Waals surface area contributed by atoms with E-state index in [0.29, 0.717) is 12.3 Å². The molecule has 0 saturated heterocycles. The van der Waals surface area contributed by atoms with E-state index in [1.807, 2.05) is 53.4 Å². The summed E-state index contributed by atoms with van der Waals surface area (Å²) >= 11 is 0. The first-order chi connectivity index (χ1) is 11.7. The molecule has 0 aliphatic carbocycles. The van der Waals surface area contributed by atoms with Gasteiger partial charge in [0.2, 0.25) is 5.91 Å². The fourth-order valence-electron chi connectivity index (χ4n) is 2.65. The van der Waals surface area contributed by atoms with Crippen LogP contribution in [0, 0.1) is 0 Å². The third kappa shape index (κ3) is 3.48. The lowest BCUT2D eigenvalue weighted by atomic mass is 10.1. The third-order valence-corrected chi connectivity index (χ3v) is 3.79. The van der Waals surface area contributed by atoms with Gasteiger partial charge in [0.1, 0.15) is 5.75 Å². The predicted octanol–water partition coefficient (Wildman–Crippen LogP) is 1.64. The molecule has 0 aromatic heterocycles. The molecule has 0 bridgehead atoms. The minimum atomic E-state index is -0.644. The molecule has 0 saturated carbocycles. The maximum absolute atomic E-state index is 12.3. The lowest BCUT2D eigenvalue weighted by Gasteiger charge is -2.34. The summed E-state index contributed by atoms with van der Waals surface area (Å²) in [5.74, 6) is 0.247. The van der Waals surface area contributed by atoms with Gasteiger partial charge in [-0.25, -0.2) is 0 Å². The summed E-state index contributed by atoms with van der Waals surface area (Å²) in [6.07, 6.45) is -0.644. The third-order valence-electron chi connectivity index (χ3n) is 3.79. The molecule has 2 aromatic rings. The van der Waals surface area contributed by atoms with Crippen LogP contribution in [0.2, 0.25) is 0 Å². The second kappa shape index (κ2) is 7.04. The number of amides is 2. The van der Waals surface area contributed by atoms with E-state index in [0.717, 1.165) is 11.4 Å². The van der Waals surface area contributed by atoms with Crippen LogP contribution in [-0.2, 0) is 9.59 Å². The Morgan fingerprint density at radius 3 is 2.58 bits per heavy atom. The van der Waals surface area contributed by atoms with Gasteiger partial charge in [-0.2, -0.15) is 0 Å². The van der Waals surface area contributed by atoms with E-state index >= 15 is 0 Å². The Balaban J connectivity index is 1.75. The average molecular weight is 325 g/mol. The Kier molecular flexibility index (Phi) is 4.65. The highest BCUT2D eigenvalue weighted by Gasteiger charge is 2.30. The molecule has 0 fully saturated rings. The molecule has 1 heterocycles. The van der Waals surface area contributed by atoms with Crippen molar-refractivity contribution in [1.29, 1.82) is 0 Å². The summed E-state index contributed by atoms with van der Waals surface area (Å²) in [5, 5.41) is 5.44. The summed E-state index contributed by atoms with van der Waals surface area (Å²) in [6, 6.07) is 16.7. The number of rotatable bonds is 4. The lowest BCUT2D eigenvalue weighted by molar-refractivity contribution is -0.127. The maximum atomic E-state index is 12.3. The van der Waals surface area contributed by atoms with Crippen LogP contribution in [0.25, 0.3) is 0 Å². The second-order valence-corrected chi connectivity index (χ2v) is 5.48. The number of hydrogen-bond acceptors (Lipinski definition) is 4. The standard InChI is InChI=1S/C18H19N3O3/c1-19-18(23)16-11-21(14-9-5-6-10-15(14)24-16)12-17(22)20-13-7-3-2-4-8-13/h2-10,16H,11-12H2,1H3,(H,19,23)(H,20,22). The number of fused-ring (bicyclic) bond motifs is 1. The van der Waals surface area contributed by atoms with Crippen LogP contribution >= 0.6 is 0 Å². The second-order valence-electron chi connectivity index (χ2n) is 5.48. The first-order valence-electron chi connectivity index (χ1n) is 7.74. The van der Waals surface area contributed by atoms with E-state index < -0.39 is 6.10 Å². The Labute approximate surface area is 140 Å². The van der Waals surface area contributed by atoms with Gasteiger partial charge in [0, 0.05) is 12.7 Å². The fraction of sp³-hybridized carbons (Fsp3) is 0.222. The number of nitrogens with zero attached hydrogens (tertiary/aromatic N) is 1. The molecule has 2 aromatic carbocycles. The van der Waals surface area contributed by atoms with Crippen molar-refractivity contribution in [3.8, 4) is 5.75 Å². The smallest absolute Gasteiger partial charge is 0.262 e. The number of para-hydroxylation sites is 3. The number of ether oxygens (including phenoxy) is 1. The summed E-state index contributed by atoms with van der Waals surface area (Å²) in [4.78, 5) is 26.1. The van der Waals surface area contributed by atoms with Crippen molar-refractivity contribution < 1.29 is 14.3 Å². The highest BCUT2D eigenvalue weighted by atomic mass is 16.5. The number of likely N-dealkylation sites (N-methyl/N-ethyl adjacent to an activating group) is 1. The lowest BCUT2D eigenvalue weighted by Crippen LogP contribution is -2.50. The van der Waals surface area contributed by atoms with Crippen molar-refractivity contribution in [1.82, 2.24) is 5.32 Å². The summed E-state index contributed by atoms with van der Waals surface area (Å²) < 4.78 is 5.73. The van der Waals surface area contributed by atoms with E-state index in [2.05, 4.69) is 10.6 Å². The van der Waals surface area contributed by atoms with Gasteiger partial charge in [0.15, 0.2) is 6.10 Å². The average Bonchev–Trinajstić information content (AvgIpc) is 2.61. The molecule has 24 heavy (non-hydrogen) atoms. The van der Waals surface area contributed by atoms with Crippen molar-refractivity contribution in [2.24, 2.45) is 0 Å². The first kappa shape index (κ1) is 15.9. The van der Waals surface area contributed by atoms with Gasteiger partial charge in [-0.15, -0.1) is 0 Å². The molecule has 3 rings (SSSR count). The summed E-state index contributed by atoms with van der Waals surface area (Å²) in [6.45, 7) is 0.460. The molecule has 2 amide bonds. The minimum Gasteiger partial charge on any atom is -0.477 e. The van der Waals surface area contributed by atoms with Crippen molar-refractivity contribution >= 4 is 23.2 Å². The number of carbonyl (C=O) groups excluding carboxylic acids is 2. The molecule has 1 aliphatic rings. The SMILES string of the molecule is CNC(=O)C1CN(CC(=O)Nc2ccccc2)c2ccccc2O1. The number of anilines is 2. The molecular formula is C18H19N3O3. The first-order valence-corrected chi connectivity index (χ1v) is 7.74. The zero-order chi connectivity index (χ0) is 16.9. The quantitative estimate of drug-likeness (QED) is 0.896. The largest absolute Gasteiger partial charge is 0.477 e. The van der Waals surface area contributed by atoms with Gasteiger partial charge < -0.3 is 20.3 Å².